The predicted octanol–water partition coefficient (Wildman–Crippen LogP) is 1.63. The van der Waals surface area contributed by atoms with Crippen molar-refractivity contribution < 1.29 is 14.9 Å². The molecule has 0 radical (unpaired) electrons. The van der Waals surface area contributed by atoms with Crippen LogP contribution in [0.15, 0.2) is 12.1 Å². The maximum absolute atomic E-state index is 9.56. The Hall–Kier alpha value is -1.22. The van der Waals surface area contributed by atoms with E-state index in [1.165, 1.54) is 0 Å². The van der Waals surface area contributed by atoms with E-state index in [1.807, 2.05) is 13.0 Å². The number of phenolic OH excluding ortho intramolecular Hbond substituents is 1. The van der Waals surface area contributed by atoms with Crippen molar-refractivity contribution in [3.05, 3.63) is 23.3 Å². The number of benzene rings is 1. The monoisotopic (exact) mass is 196 g/mol. The second kappa shape index (κ2) is 4.33. The van der Waals surface area contributed by atoms with Gasteiger partial charge < -0.3 is 14.9 Å². The van der Waals surface area contributed by atoms with Gasteiger partial charge in [-0.2, -0.15) is 0 Å². The molecule has 78 valence electrons. The highest BCUT2D eigenvalue weighted by atomic mass is 16.5. The van der Waals surface area contributed by atoms with E-state index in [0.29, 0.717) is 12.2 Å². The first-order valence-corrected chi connectivity index (χ1v) is 4.59. The fraction of sp³-hybridized carbons (Fsp3) is 0.455. The van der Waals surface area contributed by atoms with E-state index in [-0.39, 0.29) is 5.75 Å². The normalized spacial score (nSPS) is 12.6. The maximum atomic E-state index is 9.56. The molecular weight excluding hydrogens is 180 g/mol. The lowest BCUT2D eigenvalue weighted by Gasteiger charge is -2.11. The number of aliphatic hydroxyl groups excluding tert-OH is 1. The maximum Gasteiger partial charge on any atom is 0.122 e. The van der Waals surface area contributed by atoms with Crippen LogP contribution >= 0.6 is 0 Å². The summed E-state index contributed by atoms with van der Waals surface area (Å²) in [7, 11) is 1.55. The van der Waals surface area contributed by atoms with E-state index in [4.69, 9.17) is 4.74 Å². The summed E-state index contributed by atoms with van der Waals surface area (Å²) in [6.07, 6.45) is 0.108. The molecule has 0 unspecified atom stereocenters. The lowest BCUT2D eigenvalue weighted by Crippen LogP contribution is -2.06. The summed E-state index contributed by atoms with van der Waals surface area (Å²) in [6.45, 7) is 3.54. The lowest BCUT2D eigenvalue weighted by molar-refractivity contribution is 0.195. The van der Waals surface area contributed by atoms with Crippen molar-refractivity contribution >= 4 is 0 Å². The zero-order chi connectivity index (χ0) is 10.7. The third-order valence-corrected chi connectivity index (χ3v) is 2.21. The van der Waals surface area contributed by atoms with Crippen molar-refractivity contribution in [3.63, 3.8) is 0 Å². The van der Waals surface area contributed by atoms with Gasteiger partial charge in [0.05, 0.1) is 13.2 Å². The number of hydrogen-bond donors (Lipinski definition) is 2. The molecule has 1 rings (SSSR count). The number of rotatable bonds is 3. The Morgan fingerprint density at radius 1 is 1.43 bits per heavy atom. The van der Waals surface area contributed by atoms with Gasteiger partial charge in [0.15, 0.2) is 0 Å². The van der Waals surface area contributed by atoms with E-state index in [2.05, 4.69) is 0 Å². The van der Waals surface area contributed by atoms with Crippen LogP contribution in [0.1, 0.15) is 18.1 Å². The van der Waals surface area contributed by atoms with Crippen LogP contribution in [-0.2, 0) is 6.42 Å². The van der Waals surface area contributed by atoms with Crippen molar-refractivity contribution in [1.82, 2.24) is 0 Å². The Morgan fingerprint density at radius 2 is 2.07 bits per heavy atom. The van der Waals surface area contributed by atoms with Crippen LogP contribution < -0.4 is 4.74 Å². The highest BCUT2D eigenvalue weighted by molar-refractivity contribution is 5.45. The molecule has 2 N–H and O–H groups in total. The van der Waals surface area contributed by atoms with Crippen LogP contribution in [0, 0.1) is 6.92 Å². The molecule has 0 heterocycles. The summed E-state index contributed by atoms with van der Waals surface area (Å²) in [6, 6.07) is 3.41. The topological polar surface area (TPSA) is 49.7 Å². The molecule has 0 aliphatic carbocycles. The summed E-state index contributed by atoms with van der Waals surface area (Å²) in [5, 5.41) is 18.8. The van der Waals surface area contributed by atoms with Gasteiger partial charge in [0.1, 0.15) is 11.5 Å². The molecule has 0 bridgehead atoms. The molecule has 0 saturated carbocycles. The Bertz CT molecular complexity index is 319. The molecule has 0 amide bonds. The lowest BCUT2D eigenvalue weighted by atomic mass is 10.0. The number of phenols is 1. The minimum Gasteiger partial charge on any atom is -0.508 e. The van der Waals surface area contributed by atoms with Crippen LogP contribution in [-0.4, -0.2) is 23.4 Å². The predicted molar refractivity (Wildman–Crippen MR) is 54.8 cm³/mol. The summed E-state index contributed by atoms with van der Waals surface area (Å²) < 4.78 is 5.03. The van der Waals surface area contributed by atoms with E-state index >= 15 is 0 Å². The van der Waals surface area contributed by atoms with Gasteiger partial charge in [-0.1, -0.05) is 0 Å². The van der Waals surface area contributed by atoms with Gasteiger partial charge in [0.25, 0.3) is 0 Å². The van der Waals surface area contributed by atoms with E-state index in [1.54, 1.807) is 20.1 Å². The quantitative estimate of drug-likeness (QED) is 0.772. The molecule has 14 heavy (non-hydrogen) atoms. The Kier molecular flexibility index (Phi) is 3.36. The summed E-state index contributed by atoms with van der Waals surface area (Å²) in [5.41, 5.74) is 1.71. The standard InChI is InChI=1S/C11H16O3/c1-7(12)4-9-5-10(14-3)6-11(13)8(9)2/h5-7,12-13H,4H2,1-3H3/t7-/m1/s1. The zero-order valence-corrected chi connectivity index (χ0v) is 8.74. The SMILES string of the molecule is COc1cc(O)c(C)c(C[C@@H](C)O)c1. The molecular formula is C11H16O3. The van der Waals surface area contributed by atoms with Gasteiger partial charge in [0, 0.05) is 6.07 Å². The third-order valence-electron chi connectivity index (χ3n) is 2.21. The summed E-state index contributed by atoms with van der Waals surface area (Å²) >= 11 is 0. The van der Waals surface area contributed by atoms with Gasteiger partial charge in [-0.25, -0.2) is 0 Å². The molecule has 1 aromatic carbocycles. The summed E-state index contributed by atoms with van der Waals surface area (Å²) in [5.74, 6) is 0.823. The zero-order valence-electron chi connectivity index (χ0n) is 8.74. The van der Waals surface area contributed by atoms with Gasteiger partial charge in [-0.3, -0.25) is 0 Å². The van der Waals surface area contributed by atoms with E-state index in [0.717, 1.165) is 11.1 Å². The van der Waals surface area contributed by atoms with Crippen LogP contribution in [0.3, 0.4) is 0 Å². The second-order valence-corrected chi connectivity index (χ2v) is 3.48. The number of methoxy groups -OCH3 is 1. The second-order valence-electron chi connectivity index (χ2n) is 3.48. The number of hydrogen-bond acceptors (Lipinski definition) is 3. The van der Waals surface area contributed by atoms with E-state index < -0.39 is 6.10 Å². The van der Waals surface area contributed by atoms with Crippen molar-refractivity contribution in [3.8, 4) is 11.5 Å². The third kappa shape index (κ3) is 2.39. The van der Waals surface area contributed by atoms with Crippen LogP contribution in [0.2, 0.25) is 0 Å². The highest BCUT2D eigenvalue weighted by Crippen LogP contribution is 2.27. The van der Waals surface area contributed by atoms with Crippen molar-refractivity contribution in [2.75, 3.05) is 7.11 Å². The average molecular weight is 196 g/mol. The minimum absolute atomic E-state index is 0.208. The summed E-state index contributed by atoms with van der Waals surface area (Å²) in [4.78, 5) is 0. The first kappa shape index (κ1) is 10.9. The molecule has 0 aliphatic rings. The molecule has 0 saturated heterocycles. The van der Waals surface area contributed by atoms with Gasteiger partial charge >= 0.3 is 0 Å². The molecule has 3 heteroatoms. The highest BCUT2D eigenvalue weighted by Gasteiger charge is 2.08. The molecule has 1 atom stereocenters. The first-order valence-electron chi connectivity index (χ1n) is 4.59. The fourth-order valence-corrected chi connectivity index (χ4v) is 1.38. The van der Waals surface area contributed by atoms with Crippen molar-refractivity contribution in [1.29, 1.82) is 0 Å². The Balaban J connectivity index is 3.07. The molecule has 1 aromatic rings. The van der Waals surface area contributed by atoms with Crippen molar-refractivity contribution in [2.24, 2.45) is 0 Å². The van der Waals surface area contributed by atoms with Crippen molar-refractivity contribution in [2.45, 2.75) is 26.4 Å². The van der Waals surface area contributed by atoms with Crippen LogP contribution in [0.4, 0.5) is 0 Å². The molecule has 0 aliphatic heterocycles. The Morgan fingerprint density at radius 3 is 2.57 bits per heavy atom. The number of aromatic hydroxyl groups is 1. The smallest absolute Gasteiger partial charge is 0.122 e. The number of aliphatic hydroxyl groups is 1. The number of ether oxygens (including phenoxy) is 1. The minimum atomic E-state index is -0.416. The van der Waals surface area contributed by atoms with Gasteiger partial charge in [0.2, 0.25) is 0 Å². The first-order chi connectivity index (χ1) is 6.54. The molecule has 0 aromatic heterocycles. The molecule has 0 spiro atoms. The van der Waals surface area contributed by atoms with Crippen LogP contribution in [0.5, 0.6) is 11.5 Å². The van der Waals surface area contributed by atoms with Gasteiger partial charge in [-0.15, -0.1) is 0 Å². The fourth-order valence-electron chi connectivity index (χ4n) is 1.38. The van der Waals surface area contributed by atoms with E-state index in [9.17, 15) is 10.2 Å². The molecule has 3 nitrogen and oxygen atoms in total. The van der Waals surface area contributed by atoms with Crippen LogP contribution in [0.25, 0.3) is 0 Å². The molecule has 0 fully saturated rings. The average Bonchev–Trinajstić information content (AvgIpc) is 2.11. The van der Waals surface area contributed by atoms with Gasteiger partial charge in [-0.05, 0) is 37.5 Å². The largest absolute Gasteiger partial charge is 0.508 e. The Labute approximate surface area is 84.0 Å².